The molecule has 2 heteroatoms. The molecular weight excluding hydrogens is 316 g/mol. The molecule has 1 aromatic carbocycles. The monoisotopic (exact) mass is 344 g/mol. The molecule has 0 amide bonds. The Kier molecular flexibility index (Phi) is 6.17. The molecule has 26 heavy (non-hydrogen) atoms. The van der Waals surface area contributed by atoms with E-state index < -0.39 is 0 Å². The Morgan fingerprint density at radius 1 is 0.885 bits per heavy atom. The molecule has 0 spiro atoms. The lowest BCUT2D eigenvalue weighted by Crippen LogP contribution is -2.32. The maximum Gasteiger partial charge on any atom is 0.0412 e. The fourth-order valence-corrected chi connectivity index (χ4v) is 3.75. The van der Waals surface area contributed by atoms with E-state index in [4.69, 9.17) is 0 Å². The lowest BCUT2D eigenvalue weighted by atomic mass is 9.69. The lowest BCUT2D eigenvalue weighted by Gasteiger charge is -2.35. The molecule has 3 aromatic rings. The van der Waals surface area contributed by atoms with Crippen LogP contribution in [-0.2, 0) is 18.3 Å². The highest BCUT2D eigenvalue weighted by atomic mass is 14.7. The van der Waals surface area contributed by atoms with Gasteiger partial charge in [0.25, 0.3) is 0 Å². The van der Waals surface area contributed by atoms with Gasteiger partial charge in [0, 0.05) is 29.7 Å². The van der Waals surface area contributed by atoms with Gasteiger partial charge >= 0.3 is 0 Å². The minimum atomic E-state index is 0.0428. The molecule has 0 aliphatic heterocycles. The summed E-state index contributed by atoms with van der Waals surface area (Å²) >= 11 is 0. The van der Waals surface area contributed by atoms with E-state index in [2.05, 4.69) is 66.3 Å². The summed E-state index contributed by atoms with van der Waals surface area (Å²) in [7, 11) is 0. The van der Waals surface area contributed by atoms with Gasteiger partial charge in [0.1, 0.15) is 0 Å². The molecular formula is C24H28N2. The number of nitrogens with zero attached hydrogens (tertiary/aromatic N) is 2. The van der Waals surface area contributed by atoms with Gasteiger partial charge in [0.15, 0.2) is 0 Å². The highest BCUT2D eigenvalue weighted by Gasteiger charge is 2.32. The molecule has 134 valence electrons. The van der Waals surface area contributed by atoms with E-state index in [9.17, 15) is 0 Å². The Hall–Kier alpha value is -2.48. The summed E-state index contributed by atoms with van der Waals surface area (Å²) in [6, 6.07) is 19.6. The Morgan fingerprint density at radius 3 is 2.38 bits per heavy atom. The van der Waals surface area contributed by atoms with Crippen molar-refractivity contribution in [1.29, 1.82) is 0 Å². The van der Waals surface area contributed by atoms with Gasteiger partial charge in [0.2, 0.25) is 0 Å². The summed E-state index contributed by atoms with van der Waals surface area (Å²) in [5.41, 5.74) is 5.21. The van der Waals surface area contributed by atoms with Gasteiger partial charge in [-0.15, -0.1) is 0 Å². The zero-order valence-corrected chi connectivity index (χ0v) is 15.9. The highest BCUT2D eigenvalue weighted by molar-refractivity contribution is 5.33. The summed E-state index contributed by atoms with van der Waals surface area (Å²) in [5, 5.41) is 0. The van der Waals surface area contributed by atoms with Crippen molar-refractivity contribution in [2.75, 3.05) is 0 Å². The summed E-state index contributed by atoms with van der Waals surface area (Å²) in [5.74, 6) is 0. The average molecular weight is 345 g/mol. The predicted molar refractivity (Wildman–Crippen MR) is 108 cm³/mol. The van der Waals surface area contributed by atoms with Crippen LogP contribution in [0.15, 0.2) is 73.2 Å². The average Bonchev–Trinajstić information content (AvgIpc) is 2.68. The first kappa shape index (κ1) is 18.3. The molecule has 0 aliphatic rings. The minimum Gasteiger partial charge on any atom is -0.264 e. The number of hydrogen-bond acceptors (Lipinski definition) is 2. The molecule has 0 aliphatic carbocycles. The minimum absolute atomic E-state index is 0.0428. The van der Waals surface area contributed by atoms with Crippen molar-refractivity contribution < 1.29 is 0 Å². The van der Waals surface area contributed by atoms with Crippen molar-refractivity contribution in [2.24, 2.45) is 0 Å². The summed E-state index contributed by atoms with van der Waals surface area (Å²) < 4.78 is 0. The van der Waals surface area contributed by atoms with Crippen LogP contribution in [-0.4, -0.2) is 9.97 Å². The van der Waals surface area contributed by atoms with E-state index >= 15 is 0 Å². The van der Waals surface area contributed by atoms with Crippen molar-refractivity contribution in [2.45, 2.75) is 51.4 Å². The van der Waals surface area contributed by atoms with E-state index in [1.54, 1.807) is 0 Å². The van der Waals surface area contributed by atoms with E-state index in [0.717, 1.165) is 25.0 Å². The molecule has 0 N–H and O–H groups in total. The Labute approximate surface area is 157 Å². The number of unbranched alkanes of at least 4 members (excludes halogenated alkanes) is 1. The van der Waals surface area contributed by atoms with Gasteiger partial charge in [-0.25, -0.2) is 0 Å². The highest BCUT2D eigenvalue weighted by Crippen LogP contribution is 2.37. The largest absolute Gasteiger partial charge is 0.264 e. The van der Waals surface area contributed by atoms with Gasteiger partial charge in [-0.3, -0.25) is 9.97 Å². The molecule has 2 nitrogen and oxygen atoms in total. The summed E-state index contributed by atoms with van der Waals surface area (Å²) in [4.78, 5) is 8.99. The van der Waals surface area contributed by atoms with Crippen LogP contribution in [0.3, 0.4) is 0 Å². The van der Waals surface area contributed by atoms with Crippen molar-refractivity contribution in [3.63, 3.8) is 0 Å². The second-order valence-electron chi connectivity index (χ2n) is 7.29. The van der Waals surface area contributed by atoms with Crippen LogP contribution in [0.4, 0.5) is 0 Å². The molecule has 0 fully saturated rings. The molecule has 2 aromatic heterocycles. The maximum atomic E-state index is 4.64. The van der Waals surface area contributed by atoms with Crippen LogP contribution in [0.2, 0.25) is 0 Å². The predicted octanol–water partition coefficient (Wildman–Crippen LogP) is 5.70. The van der Waals surface area contributed by atoms with Crippen molar-refractivity contribution >= 4 is 0 Å². The molecule has 2 heterocycles. The van der Waals surface area contributed by atoms with Crippen LogP contribution >= 0.6 is 0 Å². The van der Waals surface area contributed by atoms with E-state index in [1.807, 2.05) is 30.7 Å². The summed E-state index contributed by atoms with van der Waals surface area (Å²) in [6.07, 6.45) is 11.3. The topological polar surface area (TPSA) is 25.8 Å². The zero-order chi connectivity index (χ0) is 18.2. The van der Waals surface area contributed by atoms with Crippen LogP contribution in [0.1, 0.15) is 48.6 Å². The first-order valence-corrected chi connectivity index (χ1v) is 9.58. The van der Waals surface area contributed by atoms with Crippen LogP contribution in [0.5, 0.6) is 0 Å². The van der Waals surface area contributed by atoms with Crippen molar-refractivity contribution in [1.82, 2.24) is 9.97 Å². The van der Waals surface area contributed by atoms with Gasteiger partial charge in [-0.05, 0) is 55.5 Å². The van der Waals surface area contributed by atoms with Crippen molar-refractivity contribution in [3.8, 4) is 0 Å². The van der Waals surface area contributed by atoms with Gasteiger partial charge in [-0.1, -0.05) is 61.7 Å². The van der Waals surface area contributed by atoms with E-state index in [0.29, 0.717) is 0 Å². The smallest absolute Gasteiger partial charge is 0.0412 e. The maximum absolute atomic E-state index is 4.64. The number of pyridine rings is 2. The second kappa shape index (κ2) is 8.75. The SMILES string of the molecule is CCCCC(Cc1cccnc1)(Cc1ccccn1)c1ccc(C)cc1. The number of hydrogen-bond donors (Lipinski definition) is 0. The first-order valence-electron chi connectivity index (χ1n) is 9.58. The third kappa shape index (κ3) is 4.57. The lowest BCUT2D eigenvalue weighted by molar-refractivity contribution is 0.369. The molecule has 0 radical (unpaired) electrons. The van der Waals surface area contributed by atoms with E-state index in [-0.39, 0.29) is 5.41 Å². The first-order chi connectivity index (χ1) is 12.7. The molecule has 0 bridgehead atoms. The number of aromatic nitrogens is 2. The van der Waals surface area contributed by atoms with Crippen LogP contribution in [0.25, 0.3) is 0 Å². The van der Waals surface area contributed by atoms with Gasteiger partial charge in [0.05, 0.1) is 0 Å². The van der Waals surface area contributed by atoms with Crippen LogP contribution in [0, 0.1) is 6.92 Å². The van der Waals surface area contributed by atoms with Crippen molar-refractivity contribution in [3.05, 3.63) is 95.6 Å². The zero-order valence-electron chi connectivity index (χ0n) is 15.9. The van der Waals surface area contributed by atoms with Crippen LogP contribution < -0.4 is 0 Å². The van der Waals surface area contributed by atoms with Gasteiger partial charge in [-0.2, -0.15) is 0 Å². The fraction of sp³-hybridized carbons (Fsp3) is 0.333. The molecule has 0 saturated heterocycles. The molecule has 1 unspecified atom stereocenters. The third-order valence-corrected chi connectivity index (χ3v) is 5.18. The fourth-order valence-electron chi connectivity index (χ4n) is 3.75. The third-order valence-electron chi connectivity index (χ3n) is 5.18. The molecule has 3 rings (SSSR count). The second-order valence-corrected chi connectivity index (χ2v) is 7.29. The Balaban J connectivity index is 2.04. The standard InChI is InChI=1S/C24H28N2/c1-3-4-14-24(17-21-8-7-15-25-19-21,18-23-9-5-6-16-26-23)22-12-10-20(2)11-13-22/h5-13,15-16,19H,3-4,14,17-18H2,1-2H3. The Morgan fingerprint density at radius 2 is 1.73 bits per heavy atom. The molecule has 0 saturated carbocycles. The number of aryl methyl sites for hydroxylation is 1. The number of rotatable bonds is 8. The van der Waals surface area contributed by atoms with E-state index in [1.165, 1.54) is 29.5 Å². The normalized spacial score (nSPS) is 13.3. The Bertz CT molecular complexity index is 738. The number of benzene rings is 1. The quantitative estimate of drug-likeness (QED) is 0.524. The summed E-state index contributed by atoms with van der Waals surface area (Å²) in [6.45, 7) is 4.42. The van der Waals surface area contributed by atoms with Gasteiger partial charge < -0.3 is 0 Å². The molecule has 1 atom stereocenters.